The number of aromatic nitrogens is 2. The number of hydrogen-bond donors (Lipinski definition) is 2. The number of amides is 1. The second kappa shape index (κ2) is 5.68. The second-order valence-corrected chi connectivity index (χ2v) is 4.36. The summed E-state index contributed by atoms with van der Waals surface area (Å²) in [6, 6.07) is 0. The van der Waals surface area contributed by atoms with Crippen LogP contribution in [-0.2, 0) is 4.79 Å². The highest BCUT2D eigenvalue weighted by atomic mass is 16.6. The normalized spacial score (nSPS) is 14.9. The Hall–Kier alpha value is -2.45. The fraction of sp³-hybridized carbons (Fsp3) is 0.545. The number of nitrogens with zero attached hydrogens (tertiary/aromatic N) is 4. The average molecular weight is 280 g/mol. The van der Waals surface area contributed by atoms with E-state index in [0.717, 1.165) is 0 Å². The minimum absolute atomic E-state index is 0.0584. The molecule has 0 aromatic carbocycles. The van der Waals surface area contributed by atoms with Crippen molar-refractivity contribution in [2.75, 3.05) is 36.4 Å². The van der Waals surface area contributed by atoms with Crippen molar-refractivity contribution in [3.05, 3.63) is 15.8 Å². The second-order valence-electron chi connectivity index (χ2n) is 4.36. The van der Waals surface area contributed by atoms with Crippen LogP contribution < -0.4 is 15.5 Å². The van der Waals surface area contributed by atoms with Crippen molar-refractivity contribution >= 4 is 23.4 Å². The van der Waals surface area contributed by atoms with E-state index < -0.39 is 4.92 Å². The van der Waals surface area contributed by atoms with Gasteiger partial charge in [0.15, 0.2) is 0 Å². The number of rotatable bonds is 4. The number of hydrogen-bond acceptors (Lipinski definition) is 7. The Balaban J connectivity index is 2.46. The van der Waals surface area contributed by atoms with Gasteiger partial charge in [0.25, 0.3) is 0 Å². The lowest BCUT2D eigenvalue weighted by molar-refractivity contribution is -0.385. The van der Waals surface area contributed by atoms with Crippen molar-refractivity contribution in [1.29, 1.82) is 0 Å². The molecule has 0 bridgehead atoms. The summed E-state index contributed by atoms with van der Waals surface area (Å²) in [5.74, 6) is 0.344. The summed E-state index contributed by atoms with van der Waals surface area (Å²) in [6.07, 6.45) is 0. The highest BCUT2D eigenvalue weighted by Crippen LogP contribution is 2.30. The third kappa shape index (κ3) is 2.76. The summed E-state index contributed by atoms with van der Waals surface area (Å²) in [5.41, 5.74) is 0.128. The van der Waals surface area contributed by atoms with Crippen LogP contribution in [0.25, 0.3) is 0 Å². The average Bonchev–Trinajstić information content (AvgIpc) is 2.37. The lowest BCUT2D eigenvalue weighted by Crippen LogP contribution is -2.48. The fourth-order valence-corrected chi connectivity index (χ4v) is 2.04. The van der Waals surface area contributed by atoms with E-state index in [1.54, 1.807) is 11.8 Å². The monoisotopic (exact) mass is 280 g/mol. The van der Waals surface area contributed by atoms with Crippen LogP contribution >= 0.6 is 0 Å². The maximum Gasteiger partial charge on any atom is 0.332 e. The summed E-state index contributed by atoms with van der Waals surface area (Å²) in [4.78, 5) is 32.0. The molecule has 2 N–H and O–H groups in total. The van der Waals surface area contributed by atoms with Crippen molar-refractivity contribution in [3.63, 3.8) is 0 Å². The number of aryl methyl sites for hydroxylation is 1. The van der Waals surface area contributed by atoms with Crippen molar-refractivity contribution in [2.45, 2.75) is 13.8 Å². The van der Waals surface area contributed by atoms with Gasteiger partial charge in [-0.1, -0.05) is 0 Å². The van der Waals surface area contributed by atoms with Gasteiger partial charge in [-0.05, 0) is 13.8 Å². The van der Waals surface area contributed by atoms with E-state index in [-0.39, 0.29) is 29.7 Å². The molecule has 2 heterocycles. The van der Waals surface area contributed by atoms with Crippen LogP contribution in [0.5, 0.6) is 0 Å². The van der Waals surface area contributed by atoms with Crippen LogP contribution in [0.1, 0.15) is 12.6 Å². The molecule has 1 aliphatic heterocycles. The highest BCUT2D eigenvalue weighted by Gasteiger charge is 2.29. The van der Waals surface area contributed by atoms with Gasteiger partial charge in [0.2, 0.25) is 17.7 Å². The Kier molecular flexibility index (Phi) is 3.97. The summed E-state index contributed by atoms with van der Waals surface area (Å²) in [7, 11) is 0. The van der Waals surface area contributed by atoms with Gasteiger partial charge in [-0.25, -0.2) is 4.98 Å². The minimum Gasteiger partial charge on any atom is -0.354 e. The Morgan fingerprint density at radius 1 is 1.50 bits per heavy atom. The molecule has 0 atom stereocenters. The molecule has 1 fully saturated rings. The van der Waals surface area contributed by atoms with Gasteiger partial charge in [0, 0.05) is 19.6 Å². The number of carbonyl (C=O) groups is 1. The maximum absolute atomic E-state index is 11.4. The zero-order valence-corrected chi connectivity index (χ0v) is 11.3. The Morgan fingerprint density at radius 3 is 2.85 bits per heavy atom. The number of nitrogens with one attached hydrogen (secondary N) is 2. The molecule has 2 rings (SSSR count). The van der Waals surface area contributed by atoms with Crippen molar-refractivity contribution in [2.24, 2.45) is 0 Å². The van der Waals surface area contributed by atoms with Gasteiger partial charge in [-0.3, -0.25) is 14.9 Å². The van der Waals surface area contributed by atoms with Gasteiger partial charge in [-0.2, -0.15) is 4.98 Å². The van der Waals surface area contributed by atoms with Crippen LogP contribution in [0.3, 0.4) is 0 Å². The smallest absolute Gasteiger partial charge is 0.332 e. The first kappa shape index (κ1) is 14.0. The molecule has 0 radical (unpaired) electrons. The maximum atomic E-state index is 11.4. The summed E-state index contributed by atoms with van der Waals surface area (Å²) < 4.78 is 0. The molecule has 0 saturated carbocycles. The molecule has 9 nitrogen and oxygen atoms in total. The number of piperazine rings is 1. The standard InChI is InChI=1S/C11H16N6O3/c1-3-12-11-14-7(2)9(17(19)20)10(15-11)16-5-4-13-8(18)6-16/h3-6H2,1-2H3,(H,13,18)(H,12,14,15). The quantitative estimate of drug-likeness (QED) is 0.592. The molecule has 1 saturated heterocycles. The van der Waals surface area contributed by atoms with Crippen LogP contribution in [0.4, 0.5) is 17.5 Å². The van der Waals surface area contributed by atoms with Crippen LogP contribution in [-0.4, -0.2) is 47.0 Å². The number of carbonyl (C=O) groups excluding carboxylic acids is 1. The topological polar surface area (TPSA) is 113 Å². The number of anilines is 2. The van der Waals surface area contributed by atoms with E-state index in [4.69, 9.17) is 0 Å². The fourth-order valence-electron chi connectivity index (χ4n) is 2.04. The molecule has 0 spiro atoms. The lowest BCUT2D eigenvalue weighted by Gasteiger charge is -2.27. The van der Waals surface area contributed by atoms with Crippen LogP contribution in [0.2, 0.25) is 0 Å². The van der Waals surface area contributed by atoms with Gasteiger partial charge in [0.05, 0.1) is 11.5 Å². The van der Waals surface area contributed by atoms with E-state index in [9.17, 15) is 14.9 Å². The van der Waals surface area contributed by atoms with Crippen molar-refractivity contribution in [3.8, 4) is 0 Å². The first-order valence-electron chi connectivity index (χ1n) is 6.31. The predicted octanol–water partition coefficient (Wildman–Crippen LogP) is 0.0612. The molecule has 1 aliphatic rings. The van der Waals surface area contributed by atoms with Gasteiger partial charge in [-0.15, -0.1) is 0 Å². The van der Waals surface area contributed by atoms with E-state index in [1.165, 1.54) is 0 Å². The van der Waals surface area contributed by atoms with Crippen molar-refractivity contribution in [1.82, 2.24) is 15.3 Å². The van der Waals surface area contributed by atoms with E-state index in [1.807, 2.05) is 6.92 Å². The van der Waals surface area contributed by atoms with Crippen LogP contribution in [0.15, 0.2) is 0 Å². The highest BCUT2D eigenvalue weighted by molar-refractivity contribution is 5.83. The molecule has 20 heavy (non-hydrogen) atoms. The Morgan fingerprint density at radius 2 is 2.25 bits per heavy atom. The van der Waals surface area contributed by atoms with Crippen molar-refractivity contribution < 1.29 is 9.72 Å². The van der Waals surface area contributed by atoms with Gasteiger partial charge in [0.1, 0.15) is 5.69 Å². The molecule has 108 valence electrons. The molecular formula is C11H16N6O3. The lowest BCUT2D eigenvalue weighted by atomic mass is 10.3. The zero-order valence-electron chi connectivity index (χ0n) is 11.3. The molecule has 9 heteroatoms. The largest absolute Gasteiger partial charge is 0.354 e. The molecule has 1 amide bonds. The van der Waals surface area contributed by atoms with Gasteiger partial charge < -0.3 is 15.5 Å². The molecule has 1 aromatic heterocycles. The Labute approximate surface area is 115 Å². The third-order valence-corrected chi connectivity index (χ3v) is 2.90. The van der Waals surface area contributed by atoms with E-state index in [0.29, 0.717) is 25.6 Å². The third-order valence-electron chi connectivity index (χ3n) is 2.90. The summed E-state index contributed by atoms with van der Waals surface area (Å²) >= 11 is 0. The van der Waals surface area contributed by atoms with E-state index in [2.05, 4.69) is 20.6 Å². The number of nitro groups is 1. The minimum atomic E-state index is -0.507. The summed E-state index contributed by atoms with van der Waals surface area (Å²) in [6.45, 7) is 5.03. The molecule has 1 aromatic rings. The van der Waals surface area contributed by atoms with Gasteiger partial charge >= 0.3 is 5.69 Å². The first-order chi connectivity index (χ1) is 9.52. The molecule has 0 aliphatic carbocycles. The molecule has 0 unspecified atom stereocenters. The predicted molar refractivity (Wildman–Crippen MR) is 72.8 cm³/mol. The zero-order chi connectivity index (χ0) is 14.7. The first-order valence-corrected chi connectivity index (χ1v) is 6.31. The Bertz CT molecular complexity index is 547. The summed E-state index contributed by atoms with van der Waals surface area (Å²) in [5, 5.41) is 16.8. The van der Waals surface area contributed by atoms with Crippen LogP contribution in [0, 0.1) is 17.0 Å². The SMILES string of the molecule is CCNc1nc(C)c([N+](=O)[O-])c(N2CCNC(=O)C2)n1. The van der Waals surface area contributed by atoms with E-state index >= 15 is 0 Å². The molecular weight excluding hydrogens is 264 g/mol.